The van der Waals surface area contributed by atoms with Crippen LogP contribution in [0, 0.1) is 0 Å². The van der Waals surface area contributed by atoms with Crippen molar-refractivity contribution >= 4 is 11.8 Å². The van der Waals surface area contributed by atoms with Crippen molar-refractivity contribution in [1.82, 2.24) is 0 Å². The van der Waals surface area contributed by atoms with E-state index in [0.29, 0.717) is 0 Å². The van der Waals surface area contributed by atoms with Crippen molar-refractivity contribution < 1.29 is 0 Å². The fraction of sp³-hybridized carbons (Fsp3) is 0.400. The van der Waals surface area contributed by atoms with Gasteiger partial charge >= 0.3 is 0 Å². The molecular weight excluding hydrogens is 272 g/mol. The van der Waals surface area contributed by atoms with Crippen LogP contribution >= 0.6 is 11.8 Å². The molecule has 112 valence electrons. The second kappa shape index (κ2) is 8.94. The first-order valence-corrected chi connectivity index (χ1v) is 8.99. The van der Waals surface area contributed by atoms with Gasteiger partial charge in [0, 0.05) is 10.5 Å². The third-order valence-corrected chi connectivity index (χ3v) is 5.68. The largest absolute Gasteiger partial charge is 0.154 e. The molecule has 0 aromatic heterocycles. The van der Waals surface area contributed by atoms with Gasteiger partial charge in [0.15, 0.2) is 0 Å². The van der Waals surface area contributed by atoms with Gasteiger partial charge in [-0.25, -0.2) is 0 Å². The average molecular weight is 298 g/mol. The molecule has 2 atom stereocenters. The van der Waals surface area contributed by atoms with E-state index in [1.807, 2.05) is 0 Å². The average Bonchev–Trinajstić information content (AvgIpc) is 2.55. The Morgan fingerprint density at radius 2 is 1.05 bits per heavy atom. The first-order valence-electron chi connectivity index (χ1n) is 8.05. The Morgan fingerprint density at radius 1 is 0.667 bits per heavy atom. The van der Waals surface area contributed by atoms with Crippen molar-refractivity contribution in [2.24, 2.45) is 0 Å². The molecule has 2 aromatic rings. The monoisotopic (exact) mass is 298 g/mol. The van der Waals surface area contributed by atoms with Crippen LogP contribution in [0.2, 0.25) is 0 Å². The zero-order chi connectivity index (χ0) is 14.9. The summed E-state index contributed by atoms with van der Waals surface area (Å²) in [5, 5.41) is 1.45. The molecule has 0 amide bonds. The maximum absolute atomic E-state index is 2.32. The van der Waals surface area contributed by atoms with Crippen molar-refractivity contribution in [1.29, 1.82) is 0 Å². The van der Waals surface area contributed by atoms with Gasteiger partial charge in [-0.2, -0.15) is 11.8 Å². The Balaban J connectivity index is 1.92. The summed E-state index contributed by atoms with van der Waals surface area (Å²) in [6, 6.07) is 21.8. The van der Waals surface area contributed by atoms with Crippen LogP contribution in [0.4, 0.5) is 0 Å². The molecule has 0 saturated heterocycles. The zero-order valence-electron chi connectivity index (χ0n) is 13.2. The Bertz CT molecular complexity index is 444. The summed E-state index contributed by atoms with van der Waals surface area (Å²) in [5.41, 5.74) is 2.93. The molecule has 2 aromatic carbocycles. The molecule has 0 saturated carbocycles. The quantitative estimate of drug-likeness (QED) is 0.597. The molecule has 0 aliphatic rings. The topological polar surface area (TPSA) is 0 Å². The molecule has 0 nitrogen and oxygen atoms in total. The van der Waals surface area contributed by atoms with E-state index in [9.17, 15) is 0 Å². The third-order valence-electron chi connectivity index (χ3n) is 3.91. The normalized spacial score (nSPS) is 13.8. The molecular formula is C20H26S. The summed E-state index contributed by atoms with van der Waals surface area (Å²) < 4.78 is 0. The van der Waals surface area contributed by atoms with E-state index in [-0.39, 0.29) is 0 Å². The molecule has 0 radical (unpaired) electrons. The molecule has 0 bridgehead atoms. The van der Waals surface area contributed by atoms with Gasteiger partial charge in [0.25, 0.3) is 0 Å². The highest BCUT2D eigenvalue weighted by Gasteiger charge is 2.15. The predicted octanol–water partition coefficient (Wildman–Crippen LogP) is 5.76. The first-order chi connectivity index (χ1) is 10.3. The van der Waals surface area contributed by atoms with Gasteiger partial charge in [0.05, 0.1) is 0 Å². The van der Waals surface area contributed by atoms with Gasteiger partial charge in [-0.15, -0.1) is 0 Å². The molecule has 2 rings (SSSR count). The number of benzene rings is 2. The van der Waals surface area contributed by atoms with Crippen LogP contribution in [-0.4, -0.2) is 10.5 Å². The van der Waals surface area contributed by atoms with Crippen LogP contribution in [0.5, 0.6) is 0 Å². The highest BCUT2D eigenvalue weighted by Crippen LogP contribution is 2.28. The van der Waals surface area contributed by atoms with Gasteiger partial charge in [-0.05, 0) is 36.8 Å². The molecule has 1 heteroatoms. The standard InChI is InChI=1S/C20H26S/c1-3-19(15-17-11-7-5-8-12-17)21-20(4-2)16-18-13-9-6-10-14-18/h5-14,19-20H,3-4,15-16H2,1-2H3. The fourth-order valence-electron chi connectivity index (χ4n) is 2.60. The second-order valence-corrected chi connectivity index (χ2v) is 7.18. The highest BCUT2D eigenvalue weighted by molar-refractivity contribution is 8.00. The minimum atomic E-state index is 0.723. The second-order valence-electron chi connectivity index (χ2n) is 5.58. The van der Waals surface area contributed by atoms with Crippen molar-refractivity contribution in [3.8, 4) is 0 Å². The minimum Gasteiger partial charge on any atom is -0.154 e. The number of thioether (sulfide) groups is 1. The maximum atomic E-state index is 2.32. The van der Waals surface area contributed by atoms with E-state index in [1.54, 1.807) is 0 Å². The van der Waals surface area contributed by atoms with E-state index in [2.05, 4.69) is 86.3 Å². The number of rotatable bonds is 8. The molecule has 0 N–H and O–H groups in total. The molecule has 0 aliphatic heterocycles. The SMILES string of the molecule is CCC(Cc1ccccc1)SC(CC)Cc1ccccc1. The van der Waals surface area contributed by atoms with Crippen LogP contribution in [0.3, 0.4) is 0 Å². The van der Waals surface area contributed by atoms with Crippen LogP contribution < -0.4 is 0 Å². The summed E-state index contributed by atoms with van der Waals surface area (Å²) in [5.74, 6) is 0. The summed E-state index contributed by atoms with van der Waals surface area (Å²) in [6.07, 6.45) is 4.86. The maximum Gasteiger partial charge on any atom is 0.00877 e. The van der Waals surface area contributed by atoms with Crippen molar-refractivity contribution in [3.05, 3.63) is 71.8 Å². The molecule has 0 fully saturated rings. The minimum absolute atomic E-state index is 0.723. The van der Waals surface area contributed by atoms with Crippen LogP contribution in [0.25, 0.3) is 0 Å². The lowest BCUT2D eigenvalue weighted by atomic mass is 10.1. The molecule has 0 heterocycles. The summed E-state index contributed by atoms with van der Waals surface area (Å²) >= 11 is 2.18. The molecule has 0 aliphatic carbocycles. The van der Waals surface area contributed by atoms with Crippen molar-refractivity contribution in [2.45, 2.75) is 50.0 Å². The Morgan fingerprint density at radius 3 is 1.38 bits per heavy atom. The van der Waals surface area contributed by atoms with Crippen LogP contribution in [-0.2, 0) is 12.8 Å². The summed E-state index contributed by atoms with van der Waals surface area (Å²) in [6.45, 7) is 4.63. The summed E-state index contributed by atoms with van der Waals surface area (Å²) in [7, 11) is 0. The Hall–Kier alpha value is -1.21. The molecule has 21 heavy (non-hydrogen) atoms. The lowest BCUT2D eigenvalue weighted by Crippen LogP contribution is -2.14. The number of hydrogen-bond donors (Lipinski definition) is 0. The lowest BCUT2D eigenvalue weighted by molar-refractivity contribution is 0.772. The lowest BCUT2D eigenvalue weighted by Gasteiger charge is -2.22. The van der Waals surface area contributed by atoms with E-state index in [0.717, 1.165) is 10.5 Å². The third kappa shape index (κ3) is 5.59. The van der Waals surface area contributed by atoms with E-state index < -0.39 is 0 Å². The summed E-state index contributed by atoms with van der Waals surface area (Å²) in [4.78, 5) is 0. The fourth-order valence-corrected chi connectivity index (χ4v) is 4.11. The highest BCUT2D eigenvalue weighted by atomic mass is 32.2. The van der Waals surface area contributed by atoms with Gasteiger partial charge in [-0.1, -0.05) is 74.5 Å². The van der Waals surface area contributed by atoms with E-state index in [1.165, 1.54) is 36.8 Å². The van der Waals surface area contributed by atoms with Gasteiger partial charge < -0.3 is 0 Å². The van der Waals surface area contributed by atoms with Crippen molar-refractivity contribution in [3.63, 3.8) is 0 Å². The van der Waals surface area contributed by atoms with Gasteiger partial charge in [-0.3, -0.25) is 0 Å². The number of hydrogen-bond acceptors (Lipinski definition) is 1. The molecule has 2 unspecified atom stereocenters. The van der Waals surface area contributed by atoms with Crippen LogP contribution in [0.15, 0.2) is 60.7 Å². The van der Waals surface area contributed by atoms with Crippen molar-refractivity contribution in [2.75, 3.05) is 0 Å². The zero-order valence-corrected chi connectivity index (χ0v) is 14.0. The Labute approximate surface area is 134 Å². The van der Waals surface area contributed by atoms with Gasteiger partial charge in [0.2, 0.25) is 0 Å². The first kappa shape index (κ1) is 16.2. The Kier molecular flexibility index (Phi) is 6.88. The van der Waals surface area contributed by atoms with E-state index in [4.69, 9.17) is 0 Å². The predicted molar refractivity (Wildman–Crippen MR) is 96.0 cm³/mol. The van der Waals surface area contributed by atoms with E-state index >= 15 is 0 Å². The van der Waals surface area contributed by atoms with Crippen LogP contribution in [0.1, 0.15) is 37.8 Å². The smallest absolute Gasteiger partial charge is 0.00877 e. The van der Waals surface area contributed by atoms with Gasteiger partial charge in [0.1, 0.15) is 0 Å². The molecule has 0 spiro atoms.